The van der Waals surface area contributed by atoms with Gasteiger partial charge in [-0.1, -0.05) is 19.4 Å². The highest BCUT2D eigenvalue weighted by Crippen LogP contribution is 2.29. The van der Waals surface area contributed by atoms with Crippen LogP contribution in [-0.4, -0.2) is 6.04 Å². The second-order valence-corrected chi connectivity index (χ2v) is 5.43. The fraction of sp³-hybridized carbons (Fsp3) is 0.562. The first-order valence-electron chi connectivity index (χ1n) is 7.00. The molecule has 1 aromatic rings. The van der Waals surface area contributed by atoms with Gasteiger partial charge in [0.1, 0.15) is 6.07 Å². The molecular formula is C16H22N2. The van der Waals surface area contributed by atoms with Gasteiger partial charge in [0.2, 0.25) is 0 Å². The normalized spacial score (nSPS) is 23.4. The summed E-state index contributed by atoms with van der Waals surface area (Å²) in [4.78, 5) is 0. The molecule has 0 radical (unpaired) electrons. The first-order valence-corrected chi connectivity index (χ1v) is 7.00. The van der Waals surface area contributed by atoms with Gasteiger partial charge < -0.3 is 5.32 Å². The van der Waals surface area contributed by atoms with E-state index in [0.29, 0.717) is 6.04 Å². The predicted octanol–water partition coefficient (Wildman–Crippen LogP) is 4.25. The lowest BCUT2D eigenvalue weighted by atomic mass is 9.84. The number of hydrogen-bond acceptors (Lipinski definition) is 2. The van der Waals surface area contributed by atoms with E-state index in [0.717, 1.165) is 17.2 Å². The Bertz CT molecular complexity index is 437. The Labute approximate surface area is 110 Å². The lowest BCUT2D eigenvalue weighted by Crippen LogP contribution is -2.26. The minimum absolute atomic E-state index is 0.543. The molecule has 0 unspecified atom stereocenters. The molecule has 0 aromatic heterocycles. The maximum Gasteiger partial charge on any atom is 0.101 e. The molecule has 18 heavy (non-hydrogen) atoms. The summed E-state index contributed by atoms with van der Waals surface area (Å²) >= 11 is 0. The molecule has 0 bridgehead atoms. The number of aryl methyl sites for hydroxylation is 1. The molecule has 1 aromatic carbocycles. The molecule has 96 valence electrons. The minimum atomic E-state index is 0.543. The van der Waals surface area contributed by atoms with Crippen LogP contribution in [0.15, 0.2) is 18.2 Å². The van der Waals surface area contributed by atoms with Crippen LogP contribution in [0.5, 0.6) is 0 Å². The maximum absolute atomic E-state index is 9.13. The molecule has 0 aliphatic heterocycles. The van der Waals surface area contributed by atoms with E-state index in [-0.39, 0.29) is 0 Å². The van der Waals surface area contributed by atoms with Crippen molar-refractivity contribution in [1.82, 2.24) is 0 Å². The molecule has 2 nitrogen and oxygen atoms in total. The van der Waals surface area contributed by atoms with Gasteiger partial charge in [0.05, 0.1) is 11.3 Å². The number of nitrogens with zero attached hydrogens (tertiary/aromatic N) is 1. The molecule has 2 heteroatoms. The summed E-state index contributed by atoms with van der Waals surface area (Å²) < 4.78 is 0. The highest BCUT2D eigenvalue weighted by Gasteiger charge is 2.20. The van der Waals surface area contributed by atoms with Crippen LogP contribution in [0.1, 0.15) is 50.2 Å². The predicted molar refractivity (Wildman–Crippen MR) is 75.6 cm³/mol. The third-order valence-electron chi connectivity index (χ3n) is 4.08. The highest BCUT2D eigenvalue weighted by molar-refractivity contribution is 5.59. The van der Waals surface area contributed by atoms with Crippen molar-refractivity contribution in [2.75, 3.05) is 5.32 Å². The van der Waals surface area contributed by atoms with E-state index in [1.165, 1.54) is 37.7 Å². The summed E-state index contributed by atoms with van der Waals surface area (Å²) in [6.07, 6.45) is 6.42. The molecule has 0 amide bonds. The Balaban J connectivity index is 2.02. The van der Waals surface area contributed by atoms with Gasteiger partial charge in [-0.05, 0) is 56.2 Å². The van der Waals surface area contributed by atoms with Crippen molar-refractivity contribution in [2.45, 2.75) is 52.0 Å². The molecule has 0 saturated heterocycles. The number of hydrogen-bond donors (Lipinski definition) is 1. The lowest BCUT2D eigenvalue weighted by Gasteiger charge is -2.29. The topological polar surface area (TPSA) is 35.8 Å². The Morgan fingerprint density at radius 1 is 1.28 bits per heavy atom. The fourth-order valence-corrected chi connectivity index (χ4v) is 2.81. The molecule has 0 heterocycles. The van der Waals surface area contributed by atoms with Crippen molar-refractivity contribution in [2.24, 2.45) is 5.92 Å². The minimum Gasteiger partial charge on any atom is -0.381 e. The zero-order chi connectivity index (χ0) is 13.0. The summed E-state index contributed by atoms with van der Waals surface area (Å²) in [5, 5.41) is 12.7. The third-order valence-corrected chi connectivity index (χ3v) is 4.08. The standard InChI is InChI=1S/C16H22N2/c1-3-13-5-8-15(9-6-13)18-16-10-12(2)4-7-14(16)11-17/h4,7,10,13,15,18H,3,5-6,8-9H2,1-2H3. The van der Waals surface area contributed by atoms with E-state index < -0.39 is 0 Å². The average molecular weight is 242 g/mol. The van der Waals surface area contributed by atoms with Gasteiger partial charge in [-0.3, -0.25) is 0 Å². The van der Waals surface area contributed by atoms with Gasteiger partial charge in [-0.25, -0.2) is 0 Å². The molecule has 0 spiro atoms. The summed E-state index contributed by atoms with van der Waals surface area (Å²) in [5.41, 5.74) is 2.98. The molecule has 1 aliphatic rings. The van der Waals surface area contributed by atoms with Crippen molar-refractivity contribution in [3.8, 4) is 6.07 Å². The van der Waals surface area contributed by atoms with Gasteiger partial charge in [0.15, 0.2) is 0 Å². The van der Waals surface area contributed by atoms with Crippen LogP contribution in [-0.2, 0) is 0 Å². The van der Waals surface area contributed by atoms with Gasteiger partial charge in [-0.15, -0.1) is 0 Å². The maximum atomic E-state index is 9.13. The number of nitrogens with one attached hydrogen (secondary N) is 1. The Hall–Kier alpha value is -1.49. The Morgan fingerprint density at radius 3 is 2.61 bits per heavy atom. The van der Waals surface area contributed by atoms with Crippen molar-refractivity contribution in [1.29, 1.82) is 5.26 Å². The first kappa shape index (κ1) is 13.0. The molecule has 1 saturated carbocycles. The third kappa shape index (κ3) is 3.04. The summed E-state index contributed by atoms with van der Waals surface area (Å²) in [7, 11) is 0. The quantitative estimate of drug-likeness (QED) is 0.860. The van der Waals surface area contributed by atoms with E-state index in [1.54, 1.807) is 0 Å². The number of rotatable bonds is 3. The van der Waals surface area contributed by atoms with Crippen LogP contribution in [0, 0.1) is 24.2 Å². The average Bonchev–Trinajstić information content (AvgIpc) is 2.40. The van der Waals surface area contributed by atoms with Gasteiger partial charge in [0, 0.05) is 6.04 Å². The van der Waals surface area contributed by atoms with Gasteiger partial charge in [0.25, 0.3) is 0 Å². The largest absolute Gasteiger partial charge is 0.381 e. The number of nitriles is 1. The van der Waals surface area contributed by atoms with Gasteiger partial charge >= 0.3 is 0 Å². The molecule has 1 fully saturated rings. The van der Waals surface area contributed by atoms with Crippen molar-refractivity contribution in [3.05, 3.63) is 29.3 Å². The zero-order valence-corrected chi connectivity index (χ0v) is 11.4. The monoisotopic (exact) mass is 242 g/mol. The Morgan fingerprint density at radius 2 is 2.00 bits per heavy atom. The molecule has 1 aliphatic carbocycles. The van der Waals surface area contributed by atoms with Crippen LogP contribution in [0.4, 0.5) is 5.69 Å². The number of anilines is 1. The highest BCUT2D eigenvalue weighted by atomic mass is 14.9. The van der Waals surface area contributed by atoms with Crippen LogP contribution in [0.3, 0.4) is 0 Å². The SMILES string of the molecule is CCC1CCC(Nc2cc(C)ccc2C#N)CC1. The van der Waals surface area contributed by atoms with Crippen LogP contribution >= 0.6 is 0 Å². The fourth-order valence-electron chi connectivity index (χ4n) is 2.81. The number of benzene rings is 1. The zero-order valence-electron chi connectivity index (χ0n) is 11.4. The van der Waals surface area contributed by atoms with Crippen LogP contribution in [0.2, 0.25) is 0 Å². The van der Waals surface area contributed by atoms with E-state index in [1.807, 2.05) is 12.1 Å². The molecule has 1 N–H and O–H groups in total. The Kier molecular flexibility index (Phi) is 4.25. The van der Waals surface area contributed by atoms with E-state index in [2.05, 4.69) is 31.3 Å². The summed E-state index contributed by atoms with van der Waals surface area (Å²) in [5.74, 6) is 0.913. The molecule has 2 rings (SSSR count). The van der Waals surface area contributed by atoms with Gasteiger partial charge in [-0.2, -0.15) is 5.26 Å². The second kappa shape index (κ2) is 5.91. The van der Waals surface area contributed by atoms with E-state index in [4.69, 9.17) is 5.26 Å². The molecular weight excluding hydrogens is 220 g/mol. The van der Waals surface area contributed by atoms with Crippen molar-refractivity contribution >= 4 is 5.69 Å². The molecule has 0 atom stereocenters. The van der Waals surface area contributed by atoms with E-state index in [9.17, 15) is 0 Å². The van der Waals surface area contributed by atoms with Crippen molar-refractivity contribution in [3.63, 3.8) is 0 Å². The first-order chi connectivity index (χ1) is 8.72. The van der Waals surface area contributed by atoms with E-state index >= 15 is 0 Å². The smallest absolute Gasteiger partial charge is 0.101 e. The van der Waals surface area contributed by atoms with Crippen molar-refractivity contribution < 1.29 is 0 Å². The lowest BCUT2D eigenvalue weighted by molar-refractivity contribution is 0.330. The van der Waals surface area contributed by atoms with Crippen LogP contribution in [0.25, 0.3) is 0 Å². The second-order valence-electron chi connectivity index (χ2n) is 5.43. The summed E-state index contributed by atoms with van der Waals surface area (Å²) in [6, 6.07) is 8.81. The summed E-state index contributed by atoms with van der Waals surface area (Å²) in [6.45, 7) is 4.35. The van der Waals surface area contributed by atoms with Crippen LogP contribution < -0.4 is 5.32 Å².